The van der Waals surface area contributed by atoms with E-state index in [4.69, 9.17) is 9.90 Å². The highest BCUT2D eigenvalue weighted by molar-refractivity contribution is 5.95. The number of aromatic amines is 1. The molecule has 1 unspecified atom stereocenters. The van der Waals surface area contributed by atoms with Crippen LogP contribution in [0.1, 0.15) is 28.9 Å². The Morgan fingerprint density at radius 3 is 2.70 bits per heavy atom. The lowest BCUT2D eigenvalue weighted by atomic mass is 10.2. The van der Waals surface area contributed by atoms with Gasteiger partial charge in [0.2, 0.25) is 0 Å². The Kier molecular flexibility index (Phi) is 7.43. The van der Waals surface area contributed by atoms with E-state index in [-0.39, 0.29) is 11.6 Å². The average molecular weight is 466 g/mol. The number of carboxylic acids is 1. The van der Waals surface area contributed by atoms with Crippen molar-refractivity contribution in [3.8, 4) is 0 Å². The molecule has 10 nitrogen and oxygen atoms in total. The third-order valence-corrected chi connectivity index (χ3v) is 5.01. The van der Waals surface area contributed by atoms with Gasteiger partial charge in [-0.1, -0.05) is 6.07 Å². The first-order valence-electron chi connectivity index (χ1n) is 9.94. The van der Waals surface area contributed by atoms with Crippen molar-refractivity contribution in [2.24, 2.45) is 0 Å². The van der Waals surface area contributed by atoms with Gasteiger partial charge < -0.3 is 10.4 Å². The molecule has 0 aromatic carbocycles. The first-order valence-corrected chi connectivity index (χ1v) is 9.94. The molecule has 33 heavy (non-hydrogen) atoms. The van der Waals surface area contributed by atoms with Crippen molar-refractivity contribution in [3.05, 3.63) is 64.5 Å². The van der Waals surface area contributed by atoms with Crippen molar-refractivity contribution in [1.29, 1.82) is 0 Å². The van der Waals surface area contributed by atoms with Crippen LogP contribution in [-0.4, -0.2) is 66.8 Å². The van der Waals surface area contributed by atoms with E-state index in [9.17, 15) is 22.8 Å². The molecular weight excluding hydrogens is 445 g/mol. The SMILES string of the molecule is O=C(NCC1CCCN1Cc1ccccn1)c1ccn2c(=O)[nH]nc2c1.O=C(O)C(F)(F)F. The summed E-state index contributed by atoms with van der Waals surface area (Å²) in [5, 5.41) is 16.4. The molecule has 1 saturated heterocycles. The number of carboxylic acid groups (broad SMARTS) is 1. The molecule has 1 aliphatic heterocycles. The van der Waals surface area contributed by atoms with E-state index in [1.165, 1.54) is 4.40 Å². The zero-order valence-electron chi connectivity index (χ0n) is 17.2. The van der Waals surface area contributed by atoms with Crippen LogP contribution >= 0.6 is 0 Å². The Hall–Kier alpha value is -3.74. The summed E-state index contributed by atoms with van der Waals surface area (Å²) in [4.78, 5) is 39.6. The van der Waals surface area contributed by atoms with E-state index in [1.807, 2.05) is 18.2 Å². The highest BCUT2D eigenvalue weighted by Gasteiger charge is 2.38. The van der Waals surface area contributed by atoms with Gasteiger partial charge >= 0.3 is 17.8 Å². The molecule has 4 rings (SSSR count). The molecular formula is C20H21F3N6O4. The van der Waals surface area contributed by atoms with Gasteiger partial charge in [0.1, 0.15) is 0 Å². The molecule has 1 fully saturated rings. The van der Waals surface area contributed by atoms with Crippen LogP contribution in [0.4, 0.5) is 13.2 Å². The largest absolute Gasteiger partial charge is 0.490 e. The molecule has 3 N–H and O–H groups in total. The highest BCUT2D eigenvalue weighted by atomic mass is 19.4. The number of H-pyrrole nitrogens is 1. The van der Waals surface area contributed by atoms with Crippen molar-refractivity contribution < 1.29 is 27.9 Å². The topological polar surface area (TPSA) is 133 Å². The number of amides is 1. The van der Waals surface area contributed by atoms with Gasteiger partial charge in [-0.05, 0) is 43.7 Å². The van der Waals surface area contributed by atoms with Crippen molar-refractivity contribution >= 4 is 17.5 Å². The number of nitrogens with zero attached hydrogens (tertiary/aromatic N) is 4. The fourth-order valence-electron chi connectivity index (χ4n) is 3.39. The number of nitrogens with one attached hydrogen (secondary N) is 2. The highest BCUT2D eigenvalue weighted by Crippen LogP contribution is 2.19. The molecule has 13 heteroatoms. The lowest BCUT2D eigenvalue weighted by Crippen LogP contribution is -2.40. The number of aliphatic carboxylic acids is 1. The molecule has 1 amide bonds. The molecule has 4 heterocycles. The standard InChI is InChI=1S/C18H20N6O2.C2HF3O2/c25-17(13-6-9-24-16(10-13)21-22-18(24)26)20-11-15-5-3-8-23(15)12-14-4-1-2-7-19-14;3-2(4,5)1(6)7/h1-2,4,6-7,9-10,15H,3,5,8,11-12H2,(H,20,25)(H,22,26);(H,6,7). The van der Waals surface area contributed by atoms with Gasteiger partial charge in [0.15, 0.2) is 5.65 Å². The molecule has 3 aromatic rings. The molecule has 0 aliphatic carbocycles. The summed E-state index contributed by atoms with van der Waals surface area (Å²) in [6.07, 6.45) is 0.453. The number of fused-ring (bicyclic) bond motifs is 1. The van der Waals surface area contributed by atoms with Crippen LogP contribution in [-0.2, 0) is 11.3 Å². The summed E-state index contributed by atoms with van der Waals surface area (Å²) in [6, 6.07) is 9.46. The van der Waals surface area contributed by atoms with Gasteiger partial charge in [0.25, 0.3) is 5.91 Å². The van der Waals surface area contributed by atoms with Crippen LogP contribution in [0.5, 0.6) is 0 Å². The number of halogens is 3. The van der Waals surface area contributed by atoms with E-state index in [1.54, 1.807) is 24.5 Å². The summed E-state index contributed by atoms with van der Waals surface area (Å²) >= 11 is 0. The van der Waals surface area contributed by atoms with Crippen molar-refractivity contribution in [3.63, 3.8) is 0 Å². The summed E-state index contributed by atoms with van der Waals surface area (Å²) in [5.74, 6) is -2.92. The maximum absolute atomic E-state index is 12.4. The zero-order valence-corrected chi connectivity index (χ0v) is 17.2. The van der Waals surface area contributed by atoms with E-state index in [2.05, 4.69) is 25.4 Å². The Bertz CT molecular complexity index is 1160. The lowest BCUT2D eigenvalue weighted by molar-refractivity contribution is -0.192. The predicted molar refractivity (Wildman–Crippen MR) is 110 cm³/mol. The zero-order chi connectivity index (χ0) is 24.0. The number of carbonyl (C=O) groups is 2. The van der Waals surface area contributed by atoms with Gasteiger partial charge in [-0.2, -0.15) is 18.3 Å². The van der Waals surface area contributed by atoms with E-state index in [0.717, 1.165) is 31.6 Å². The Labute approximate surface area is 185 Å². The van der Waals surface area contributed by atoms with Crippen LogP contribution in [0.15, 0.2) is 47.5 Å². The third-order valence-electron chi connectivity index (χ3n) is 5.01. The normalized spacial score (nSPS) is 16.3. The van der Waals surface area contributed by atoms with Gasteiger partial charge in [-0.3, -0.25) is 19.1 Å². The number of likely N-dealkylation sites (tertiary alicyclic amines) is 1. The molecule has 0 bridgehead atoms. The lowest BCUT2D eigenvalue weighted by Gasteiger charge is -2.24. The predicted octanol–water partition coefficient (Wildman–Crippen LogP) is 1.45. The van der Waals surface area contributed by atoms with E-state index in [0.29, 0.717) is 23.8 Å². The first-order chi connectivity index (χ1) is 15.6. The van der Waals surface area contributed by atoms with Gasteiger partial charge in [0.05, 0.1) is 5.69 Å². The molecule has 0 radical (unpaired) electrons. The fourth-order valence-corrected chi connectivity index (χ4v) is 3.39. The van der Waals surface area contributed by atoms with E-state index < -0.39 is 12.1 Å². The summed E-state index contributed by atoms with van der Waals surface area (Å²) in [6.45, 7) is 2.40. The average Bonchev–Trinajstić information content (AvgIpc) is 3.38. The minimum Gasteiger partial charge on any atom is -0.475 e. The minimum atomic E-state index is -5.08. The van der Waals surface area contributed by atoms with Gasteiger partial charge in [-0.25, -0.2) is 14.7 Å². The molecule has 176 valence electrons. The van der Waals surface area contributed by atoms with Gasteiger partial charge in [0, 0.05) is 37.1 Å². The Balaban J connectivity index is 0.000000383. The van der Waals surface area contributed by atoms with Crippen LogP contribution in [0.2, 0.25) is 0 Å². The van der Waals surface area contributed by atoms with Crippen LogP contribution < -0.4 is 11.0 Å². The smallest absolute Gasteiger partial charge is 0.475 e. The number of hydrogen-bond acceptors (Lipinski definition) is 6. The van der Waals surface area contributed by atoms with Crippen LogP contribution in [0.25, 0.3) is 5.65 Å². The second-order valence-electron chi connectivity index (χ2n) is 7.27. The van der Waals surface area contributed by atoms with Crippen LogP contribution in [0, 0.1) is 0 Å². The third kappa shape index (κ3) is 6.38. The summed E-state index contributed by atoms with van der Waals surface area (Å²) in [5.41, 5.74) is 1.65. The maximum Gasteiger partial charge on any atom is 0.490 e. The van der Waals surface area contributed by atoms with Crippen molar-refractivity contribution in [2.45, 2.75) is 31.6 Å². The number of hydrogen-bond donors (Lipinski definition) is 3. The quantitative estimate of drug-likeness (QED) is 0.518. The van der Waals surface area contributed by atoms with Gasteiger partial charge in [-0.15, -0.1) is 0 Å². The summed E-state index contributed by atoms with van der Waals surface area (Å²) in [7, 11) is 0. The Morgan fingerprint density at radius 1 is 1.27 bits per heavy atom. The number of carbonyl (C=O) groups excluding carboxylic acids is 1. The van der Waals surface area contributed by atoms with Crippen molar-refractivity contribution in [2.75, 3.05) is 13.1 Å². The number of aromatic nitrogens is 4. The molecule has 3 aromatic heterocycles. The number of rotatable bonds is 5. The van der Waals surface area contributed by atoms with Crippen LogP contribution in [0.3, 0.4) is 0 Å². The monoisotopic (exact) mass is 466 g/mol. The fraction of sp³-hybridized carbons (Fsp3) is 0.350. The number of pyridine rings is 2. The van der Waals surface area contributed by atoms with E-state index >= 15 is 0 Å². The second-order valence-corrected chi connectivity index (χ2v) is 7.27. The second kappa shape index (κ2) is 10.3. The van der Waals surface area contributed by atoms with Crippen molar-refractivity contribution in [1.82, 2.24) is 29.8 Å². The molecule has 0 saturated carbocycles. The first kappa shape index (κ1) is 23.9. The number of alkyl halides is 3. The molecule has 1 aliphatic rings. The molecule has 0 spiro atoms. The molecule has 1 atom stereocenters. The Morgan fingerprint density at radius 2 is 2.03 bits per heavy atom. The minimum absolute atomic E-state index is 0.160. The maximum atomic E-state index is 12.4. The summed E-state index contributed by atoms with van der Waals surface area (Å²) < 4.78 is 33.1.